The Bertz CT molecular complexity index is 151. The molecule has 1 aliphatic heterocycles. The molecule has 1 aliphatic rings. The van der Waals surface area contributed by atoms with Crippen molar-refractivity contribution >= 4 is 6.16 Å². The maximum atomic E-state index is 10.1. The Morgan fingerprint density at radius 2 is 2.55 bits per heavy atom. The van der Waals surface area contributed by atoms with Gasteiger partial charge in [0, 0.05) is 19.1 Å². The molecule has 1 rings (SSSR count). The fraction of sp³-hybridized carbons (Fsp3) is 0.833. The van der Waals surface area contributed by atoms with E-state index in [-0.39, 0.29) is 0 Å². The van der Waals surface area contributed by atoms with E-state index in [0.29, 0.717) is 19.1 Å². The van der Waals surface area contributed by atoms with Crippen LogP contribution in [0, 0.1) is 0 Å². The molecule has 1 fully saturated rings. The zero-order valence-corrected chi connectivity index (χ0v) is 6.41. The molecule has 0 spiro atoms. The third-order valence-corrected chi connectivity index (χ3v) is 1.54. The highest BCUT2D eigenvalue weighted by atomic mass is 16.8. The minimum Gasteiger partial charge on any atom is -0.448 e. The van der Waals surface area contributed by atoms with Gasteiger partial charge in [-0.15, -0.1) is 5.06 Å². The SMILES string of the molecule is C[C@@H]1CN(OC(=O)O)CCN1. The Morgan fingerprint density at radius 1 is 1.82 bits per heavy atom. The third-order valence-electron chi connectivity index (χ3n) is 1.54. The normalized spacial score (nSPS) is 26.5. The van der Waals surface area contributed by atoms with E-state index >= 15 is 0 Å². The van der Waals surface area contributed by atoms with Crippen LogP contribution in [-0.2, 0) is 4.84 Å². The quantitative estimate of drug-likeness (QED) is 0.560. The number of hydroxylamine groups is 2. The first kappa shape index (κ1) is 8.29. The van der Waals surface area contributed by atoms with Crippen LogP contribution < -0.4 is 5.32 Å². The number of carboxylic acid groups (broad SMARTS) is 1. The molecule has 0 bridgehead atoms. The van der Waals surface area contributed by atoms with Gasteiger partial charge in [-0.3, -0.25) is 0 Å². The molecule has 0 aromatic heterocycles. The first-order valence-electron chi connectivity index (χ1n) is 3.57. The van der Waals surface area contributed by atoms with Crippen molar-refractivity contribution in [1.82, 2.24) is 10.4 Å². The average molecular weight is 160 g/mol. The molecule has 5 heteroatoms. The fourth-order valence-electron chi connectivity index (χ4n) is 1.09. The number of rotatable bonds is 1. The van der Waals surface area contributed by atoms with Crippen molar-refractivity contribution in [2.75, 3.05) is 19.6 Å². The Labute approximate surface area is 64.9 Å². The van der Waals surface area contributed by atoms with E-state index in [0.717, 1.165) is 6.54 Å². The minimum atomic E-state index is -1.24. The number of carbonyl (C=O) groups is 1. The zero-order chi connectivity index (χ0) is 8.27. The second kappa shape index (κ2) is 3.54. The van der Waals surface area contributed by atoms with E-state index < -0.39 is 6.16 Å². The Morgan fingerprint density at radius 3 is 3.09 bits per heavy atom. The Balaban J connectivity index is 2.28. The Kier molecular flexibility index (Phi) is 2.67. The van der Waals surface area contributed by atoms with E-state index in [1.807, 2.05) is 6.92 Å². The van der Waals surface area contributed by atoms with Crippen molar-refractivity contribution in [3.63, 3.8) is 0 Å². The summed E-state index contributed by atoms with van der Waals surface area (Å²) in [5, 5.41) is 12.9. The summed E-state index contributed by atoms with van der Waals surface area (Å²) in [6.07, 6.45) is -1.24. The molecule has 0 saturated carbocycles. The first-order chi connectivity index (χ1) is 5.18. The molecule has 0 amide bonds. The second-order valence-electron chi connectivity index (χ2n) is 2.60. The number of nitrogens with one attached hydrogen (secondary N) is 1. The van der Waals surface area contributed by atoms with Gasteiger partial charge in [0.25, 0.3) is 0 Å². The summed E-state index contributed by atoms with van der Waals surface area (Å²) in [5.74, 6) is 0. The molecule has 0 unspecified atom stereocenters. The highest BCUT2D eigenvalue weighted by Gasteiger charge is 2.18. The van der Waals surface area contributed by atoms with Crippen molar-refractivity contribution in [1.29, 1.82) is 0 Å². The highest BCUT2D eigenvalue weighted by Crippen LogP contribution is 1.98. The lowest BCUT2D eigenvalue weighted by atomic mass is 10.3. The van der Waals surface area contributed by atoms with Crippen LogP contribution in [0.3, 0.4) is 0 Å². The van der Waals surface area contributed by atoms with E-state index in [2.05, 4.69) is 10.2 Å². The molecule has 2 N–H and O–H groups in total. The molecule has 1 atom stereocenters. The fourth-order valence-corrected chi connectivity index (χ4v) is 1.09. The zero-order valence-electron chi connectivity index (χ0n) is 6.41. The lowest BCUT2D eigenvalue weighted by Gasteiger charge is -2.28. The second-order valence-corrected chi connectivity index (χ2v) is 2.60. The van der Waals surface area contributed by atoms with Crippen LogP contribution in [0.5, 0.6) is 0 Å². The number of hydrogen-bond acceptors (Lipinski definition) is 4. The monoisotopic (exact) mass is 160 g/mol. The smallest absolute Gasteiger partial charge is 0.448 e. The van der Waals surface area contributed by atoms with Crippen LogP contribution >= 0.6 is 0 Å². The van der Waals surface area contributed by atoms with Gasteiger partial charge >= 0.3 is 6.16 Å². The number of hydrogen-bond donors (Lipinski definition) is 2. The largest absolute Gasteiger partial charge is 0.525 e. The highest BCUT2D eigenvalue weighted by molar-refractivity contribution is 5.56. The topological polar surface area (TPSA) is 61.8 Å². The van der Waals surface area contributed by atoms with Crippen LogP contribution in [0.15, 0.2) is 0 Å². The molecule has 64 valence electrons. The molecule has 1 saturated heterocycles. The van der Waals surface area contributed by atoms with Crippen LogP contribution in [-0.4, -0.2) is 42.0 Å². The molecule has 0 aliphatic carbocycles. The first-order valence-corrected chi connectivity index (χ1v) is 3.57. The van der Waals surface area contributed by atoms with E-state index in [4.69, 9.17) is 5.11 Å². The summed E-state index contributed by atoms with van der Waals surface area (Å²) in [7, 11) is 0. The van der Waals surface area contributed by atoms with Crippen LogP contribution in [0.1, 0.15) is 6.92 Å². The van der Waals surface area contributed by atoms with Crippen molar-refractivity contribution in [2.45, 2.75) is 13.0 Å². The molecular weight excluding hydrogens is 148 g/mol. The summed E-state index contributed by atoms with van der Waals surface area (Å²) < 4.78 is 0. The van der Waals surface area contributed by atoms with Gasteiger partial charge in [-0.05, 0) is 6.92 Å². The summed E-state index contributed by atoms with van der Waals surface area (Å²) in [6, 6.07) is 0.295. The van der Waals surface area contributed by atoms with Gasteiger partial charge in [-0.1, -0.05) is 0 Å². The lowest BCUT2D eigenvalue weighted by molar-refractivity contribution is -0.131. The van der Waals surface area contributed by atoms with E-state index in [9.17, 15) is 4.79 Å². The van der Waals surface area contributed by atoms with Crippen LogP contribution in [0.4, 0.5) is 4.79 Å². The van der Waals surface area contributed by atoms with E-state index in [1.165, 1.54) is 5.06 Å². The van der Waals surface area contributed by atoms with Gasteiger partial charge in [0.05, 0.1) is 6.54 Å². The standard InChI is InChI=1S/C6H12N2O3/c1-5-4-8(3-2-7-5)11-6(9)10/h5,7H,2-4H2,1H3,(H,9,10)/t5-/m1/s1. The minimum absolute atomic E-state index is 0.295. The summed E-state index contributed by atoms with van der Waals surface area (Å²) in [6.45, 7) is 3.99. The number of nitrogens with zero attached hydrogens (tertiary/aromatic N) is 1. The molecular formula is C6H12N2O3. The summed E-state index contributed by atoms with van der Waals surface area (Å²) in [4.78, 5) is 14.6. The van der Waals surface area contributed by atoms with Gasteiger partial charge < -0.3 is 15.3 Å². The Hall–Kier alpha value is -0.810. The molecule has 5 nitrogen and oxygen atoms in total. The van der Waals surface area contributed by atoms with Gasteiger partial charge in [0.1, 0.15) is 0 Å². The maximum Gasteiger partial charge on any atom is 0.525 e. The molecule has 0 radical (unpaired) electrons. The maximum absolute atomic E-state index is 10.1. The van der Waals surface area contributed by atoms with Gasteiger partial charge in [0.2, 0.25) is 0 Å². The predicted octanol–water partition coefficient (Wildman–Crippen LogP) is -0.110. The average Bonchev–Trinajstić information content (AvgIpc) is 1.85. The van der Waals surface area contributed by atoms with Crippen molar-refractivity contribution in [3.8, 4) is 0 Å². The third kappa shape index (κ3) is 2.73. The van der Waals surface area contributed by atoms with Crippen molar-refractivity contribution in [2.24, 2.45) is 0 Å². The predicted molar refractivity (Wildman–Crippen MR) is 38.1 cm³/mol. The lowest BCUT2D eigenvalue weighted by Crippen LogP contribution is -2.49. The molecule has 0 aromatic rings. The number of piperazine rings is 1. The van der Waals surface area contributed by atoms with Gasteiger partial charge in [0.15, 0.2) is 0 Å². The molecule has 11 heavy (non-hydrogen) atoms. The molecule has 0 aromatic carbocycles. The van der Waals surface area contributed by atoms with Crippen molar-refractivity contribution in [3.05, 3.63) is 0 Å². The van der Waals surface area contributed by atoms with Gasteiger partial charge in [-0.2, -0.15) is 0 Å². The van der Waals surface area contributed by atoms with Gasteiger partial charge in [-0.25, -0.2) is 4.79 Å². The molecule has 1 heterocycles. The summed E-state index contributed by atoms with van der Waals surface area (Å²) in [5.41, 5.74) is 0. The van der Waals surface area contributed by atoms with Crippen LogP contribution in [0.25, 0.3) is 0 Å². The van der Waals surface area contributed by atoms with Crippen molar-refractivity contribution < 1.29 is 14.7 Å². The van der Waals surface area contributed by atoms with E-state index in [1.54, 1.807) is 0 Å². The summed E-state index contributed by atoms with van der Waals surface area (Å²) >= 11 is 0. The van der Waals surface area contributed by atoms with Crippen LogP contribution in [0.2, 0.25) is 0 Å².